The molecule has 182 valence electrons. The molecular weight excluding hydrogens is 448 g/mol. The van der Waals surface area contributed by atoms with Gasteiger partial charge >= 0.3 is 5.97 Å². The first-order chi connectivity index (χ1) is 16.5. The zero-order valence-corrected chi connectivity index (χ0v) is 20.5. The van der Waals surface area contributed by atoms with Gasteiger partial charge in [0.25, 0.3) is 0 Å². The molecule has 1 aliphatic heterocycles. The minimum Gasteiger partial charge on any atom is -0.497 e. The lowest BCUT2D eigenvalue weighted by molar-refractivity contribution is -0.139. The maximum Gasteiger partial charge on any atom is 0.303 e. The van der Waals surface area contributed by atoms with Crippen molar-refractivity contribution in [3.05, 3.63) is 58.4 Å². The number of hydrogen-bond acceptors (Lipinski definition) is 6. The summed E-state index contributed by atoms with van der Waals surface area (Å²) in [5, 5.41) is 25.8. The molecular formula is C27H34N2O4S. The normalized spacial score (nSPS) is 19.8. The largest absolute Gasteiger partial charge is 0.497 e. The van der Waals surface area contributed by atoms with E-state index in [4.69, 9.17) is 4.74 Å². The minimum absolute atomic E-state index is 0.119. The molecule has 1 aliphatic rings. The number of likely N-dealkylation sites (tertiary alicyclic amines) is 1. The van der Waals surface area contributed by atoms with Crippen LogP contribution in [0.25, 0.3) is 10.9 Å². The van der Waals surface area contributed by atoms with Gasteiger partial charge in [-0.3, -0.25) is 9.78 Å². The fourth-order valence-corrected chi connectivity index (χ4v) is 5.93. The number of aliphatic hydroxyl groups is 1. The van der Waals surface area contributed by atoms with Crippen LogP contribution in [0.1, 0.15) is 49.3 Å². The van der Waals surface area contributed by atoms with Crippen LogP contribution in [0.4, 0.5) is 0 Å². The van der Waals surface area contributed by atoms with Gasteiger partial charge in [0.15, 0.2) is 0 Å². The van der Waals surface area contributed by atoms with Crippen LogP contribution >= 0.6 is 11.3 Å². The van der Waals surface area contributed by atoms with E-state index in [-0.39, 0.29) is 12.3 Å². The zero-order valence-electron chi connectivity index (χ0n) is 19.7. The Labute approximate surface area is 205 Å². The van der Waals surface area contributed by atoms with Gasteiger partial charge in [0.2, 0.25) is 0 Å². The van der Waals surface area contributed by atoms with E-state index in [1.54, 1.807) is 24.6 Å². The SMILES string of the molecule is COc1ccc2nccc([C@@H](O)CC[C@@H]3CCN(CCCc4ccsc4)C[C@@H]3CC(=O)O)c2c1. The Morgan fingerprint density at radius 1 is 1.29 bits per heavy atom. The van der Waals surface area contributed by atoms with Crippen LogP contribution in [0, 0.1) is 11.8 Å². The molecule has 3 atom stereocenters. The molecule has 0 radical (unpaired) electrons. The number of piperidine rings is 1. The Morgan fingerprint density at radius 3 is 2.94 bits per heavy atom. The summed E-state index contributed by atoms with van der Waals surface area (Å²) in [6.07, 6.45) is 5.87. The molecule has 6 nitrogen and oxygen atoms in total. The first kappa shape index (κ1) is 24.6. The Morgan fingerprint density at radius 2 is 2.18 bits per heavy atom. The predicted molar refractivity (Wildman–Crippen MR) is 135 cm³/mol. The van der Waals surface area contributed by atoms with E-state index in [0.717, 1.165) is 67.5 Å². The van der Waals surface area contributed by atoms with Gasteiger partial charge in [0, 0.05) is 24.5 Å². The first-order valence-electron chi connectivity index (χ1n) is 12.1. The number of pyridine rings is 1. The summed E-state index contributed by atoms with van der Waals surface area (Å²) >= 11 is 1.73. The summed E-state index contributed by atoms with van der Waals surface area (Å²) in [7, 11) is 1.63. The van der Waals surface area contributed by atoms with Crippen molar-refractivity contribution in [2.45, 2.75) is 44.6 Å². The summed E-state index contributed by atoms with van der Waals surface area (Å²) in [5.74, 6) is 0.431. The van der Waals surface area contributed by atoms with E-state index in [9.17, 15) is 15.0 Å². The lowest BCUT2D eigenvalue weighted by Crippen LogP contribution is -2.42. The molecule has 0 amide bonds. The second kappa shape index (κ2) is 11.8. The van der Waals surface area contributed by atoms with Crippen molar-refractivity contribution in [1.82, 2.24) is 9.88 Å². The Bertz CT molecular complexity index is 1070. The van der Waals surface area contributed by atoms with Gasteiger partial charge in [0.05, 0.1) is 18.7 Å². The maximum absolute atomic E-state index is 11.6. The van der Waals surface area contributed by atoms with Gasteiger partial charge in [0.1, 0.15) is 5.75 Å². The van der Waals surface area contributed by atoms with Crippen LogP contribution in [0.2, 0.25) is 0 Å². The number of aliphatic hydroxyl groups excluding tert-OH is 1. The molecule has 2 N–H and O–H groups in total. The molecule has 4 rings (SSSR count). The van der Waals surface area contributed by atoms with E-state index in [0.29, 0.717) is 12.3 Å². The molecule has 0 aliphatic carbocycles. The van der Waals surface area contributed by atoms with Crippen LogP contribution in [-0.4, -0.2) is 52.8 Å². The van der Waals surface area contributed by atoms with Gasteiger partial charge in [-0.15, -0.1) is 0 Å². The second-order valence-electron chi connectivity index (χ2n) is 9.32. The van der Waals surface area contributed by atoms with E-state index < -0.39 is 12.1 Å². The van der Waals surface area contributed by atoms with E-state index in [1.165, 1.54) is 5.56 Å². The van der Waals surface area contributed by atoms with E-state index in [1.807, 2.05) is 24.3 Å². The highest BCUT2D eigenvalue weighted by Gasteiger charge is 2.31. The zero-order chi connectivity index (χ0) is 23.9. The first-order valence-corrected chi connectivity index (χ1v) is 13.0. The summed E-state index contributed by atoms with van der Waals surface area (Å²) < 4.78 is 5.35. The Kier molecular flexibility index (Phi) is 8.53. The smallest absolute Gasteiger partial charge is 0.303 e. The van der Waals surface area contributed by atoms with Crippen molar-refractivity contribution < 1.29 is 19.7 Å². The van der Waals surface area contributed by atoms with E-state index in [2.05, 4.69) is 26.7 Å². The molecule has 1 saturated heterocycles. The van der Waals surface area contributed by atoms with Crippen molar-refractivity contribution in [2.75, 3.05) is 26.7 Å². The van der Waals surface area contributed by atoms with Crippen LogP contribution in [-0.2, 0) is 11.2 Å². The van der Waals surface area contributed by atoms with Gasteiger partial charge in [-0.1, -0.05) is 0 Å². The lowest BCUT2D eigenvalue weighted by atomic mass is 9.79. The number of benzene rings is 1. The predicted octanol–water partition coefficient (Wildman–Crippen LogP) is 5.16. The topological polar surface area (TPSA) is 82.9 Å². The maximum atomic E-state index is 11.6. The molecule has 3 heterocycles. The van der Waals surface area contributed by atoms with Crippen LogP contribution in [0.5, 0.6) is 5.75 Å². The third-order valence-electron chi connectivity index (χ3n) is 7.08. The molecule has 1 fully saturated rings. The number of aromatic nitrogens is 1. The van der Waals surface area contributed by atoms with E-state index >= 15 is 0 Å². The highest BCUT2D eigenvalue weighted by Crippen LogP contribution is 2.34. The number of ether oxygens (including phenoxy) is 1. The molecule has 0 unspecified atom stereocenters. The number of nitrogens with zero attached hydrogens (tertiary/aromatic N) is 2. The number of carbonyl (C=O) groups is 1. The number of thiophene rings is 1. The minimum atomic E-state index is -0.733. The molecule has 0 bridgehead atoms. The molecule has 3 aromatic rings. The average Bonchev–Trinajstić information content (AvgIpc) is 3.36. The number of carboxylic acids is 1. The van der Waals surface area contributed by atoms with Crippen molar-refractivity contribution in [3.63, 3.8) is 0 Å². The third kappa shape index (κ3) is 6.34. The molecule has 0 saturated carbocycles. The standard InChI is InChI=1S/C27H34N2O4S/c1-33-22-5-6-25-24(16-22)23(8-11-28-25)26(30)7-4-20-9-13-29(17-21(20)15-27(31)32)12-2-3-19-10-14-34-18-19/h5-6,8,10-11,14,16,18,20-21,26,30H,2-4,7,9,12-13,15,17H2,1H3,(H,31,32)/t20-,21+,26+/m1/s1. The molecule has 1 aromatic carbocycles. The number of aliphatic carboxylic acids is 1. The molecule has 34 heavy (non-hydrogen) atoms. The monoisotopic (exact) mass is 482 g/mol. The number of aryl methyl sites for hydroxylation is 1. The summed E-state index contributed by atoms with van der Waals surface area (Å²) in [5.41, 5.74) is 3.07. The van der Waals surface area contributed by atoms with Gasteiger partial charge in [-0.05, 0) is 109 Å². The molecule has 2 aromatic heterocycles. The average molecular weight is 483 g/mol. The van der Waals surface area contributed by atoms with Crippen LogP contribution < -0.4 is 4.74 Å². The summed E-state index contributed by atoms with van der Waals surface area (Å²) in [6, 6.07) is 9.75. The number of rotatable bonds is 11. The quantitative estimate of drug-likeness (QED) is 0.393. The van der Waals surface area contributed by atoms with Crippen molar-refractivity contribution in [1.29, 1.82) is 0 Å². The van der Waals surface area contributed by atoms with Crippen molar-refractivity contribution in [2.24, 2.45) is 11.8 Å². The van der Waals surface area contributed by atoms with Gasteiger partial charge in [-0.2, -0.15) is 11.3 Å². The lowest BCUT2D eigenvalue weighted by Gasteiger charge is -2.38. The highest BCUT2D eigenvalue weighted by molar-refractivity contribution is 7.07. The Balaban J connectivity index is 1.35. The van der Waals surface area contributed by atoms with Crippen LogP contribution in [0.3, 0.4) is 0 Å². The number of methoxy groups -OCH3 is 1. The van der Waals surface area contributed by atoms with Gasteiger partial charge < -0.3 is 19.8 Å². The third-order valence-corrected chi connectivity index (χ3v) is 7.82. The summed E-state index contributed by atoms with van der Waals surface area (Å²) in [4.78, 5) is 18.4. The van der Waals surface area contributed by atoms with Crippen molar-refractivity contribution in [3.8, 4) is 5.75 Å². The fraction of sp³-hybridized carbons (Fsp3) is 0.481. The van der Waals surface area contributed by atoms with Gasteiger partial charge in [-0.25, -0.2) is 0 Å². The molecule has 7 heteroatoms. The second-order valence-corrected chi connectivity index (χ2v) is 10.1. The molecule has 0 spiro atoms. The number of carboxylic acid groups (broad SMARTS) is 1. The summed E-state index contributed by atoms with van der Waals surface area (Å²) in [6.45, 7) is 2.83. The number of fused-ring (bicyclic) bond motifs is 1. The fourth-order valence-electron chi connectivity index (χ4n) is 5.23. The van der Waals surface area contributed by atoms with Crippen molar-refractivity contribution >= 4 is 28.2 Å². The number of hydrogen-bond donors (Lipinski definition) is 2. The Hall–Kier alpha value is -2.48. The highest BCUT2D eigenvalue weighted by atomic mass is 32.1. The van der Waals surface area contributed by atoms with Crippen LogP contribution in [0.15, 0.2) is 47.3 Å².